The molecule has 0 amide bonds. The van der Waals surface area contributed by atoms with Crippen molar-refractivity contribution in [2.75, 3.05) is 0 Å². The van der Waals surface area contributed by atoms with Gasteiger partial charge in [0, 0.05) is 16.5 Å². The number of ketones is 1. The van der Waals surface area contributed by atoms with E-state index in [1.165, 1.54) is 5.39 Å². The Labute approximate surface area is 161 Å². The maximum absolute atomic E-state index is 13.4. The van der Waals surface area contributed by atoms with Gasteiger partial charge in [0.25, 0.3) is 0 Å². The molecule has 5 aromatic carbocycles. The van der Waals surface area contributed by atoms with Crippen LogP contribution in [0, 0.1) is 0 Å². The average Bonchev–Trinajstić information content (AvgIpc) is 2.74. The minimum absolute atomic E-state index is 0.0494. The molecule has 128 valence electrons. The van der Waals surface area contributed by atoms with Crippen LogP contribution in [0.3, 0.4) is 0 Å². The van der Waals surface area contributed by atoms with Gasteiger partial charge in [0.1, 0.15) is 0 Å². The lowest BCUT2D eigenvalue weighted by atomic mass is 9.89. The topological polar surface area (TPSA) is 17.1 Å². The van der Waals surface area contributed by atoms with E-state index in [1.54, 1.807) is 0 Å². The predicted octanol–water partition coefficient (Wildman–Crippen LogP) is 7.03. The van der Waals surface area contributed by atoms with Gasteiger partial charge < -0.3 is 0 Å². The first-order valence-electron chi connectivity index (χ1n) is 8.87. The summed E-state index contributed by atoms with van der Waals surface area (Å²) >= 11 is 6.58. The second kappa shape index (κ2) is 6.22. The van der Waals surface area contributed by atoms with Gasteiger partial charge in [-0.2, -0.15) is 0 Å². The summed E-state index contributed by atoms with van der Waals surface area (Å²) in [5, 5.41) is 6.94. The van der Waals surface area contributed by atoms with Crippen LogP contribution in [0.25, 0.3) is 32.3 Å². The van der Waals surface area contributed by atoms with Crippen molar-refractivity contribution in [3.05, 3.63) is 107 Å². The van der Waals surface area contributed by atoms with Crippen molar-refractivity contribution in [1.29, 1.82) is 0 Å². The number of rotatable bonds is 2. The third-order valence-corrected chi connectivity index (χ3v) is 5.44. The Kier molecular flexibility index (Phi) is 3.70. The highest BCUT2D eigenvalue weighted by atomic mass is 35.5. The Balaban J connectivity index is 2.01. The van der Waals surface area contributed by atoms with Gasteiger partial charge in [0.15, 0.2) is 5.78 Å². The Morgan fingerprint density at radius 3 is 1.67 bits per heavy atom. The van der Waals surface area contributed by atoms with E-state index in [-0.39, 0.29) is 5.78 Å². The summed E-state index contributed by atoms with van der Waals surface area (Å²) in [7, 11) is 0. The molecular weight excluding hydrogens is 352 g/mol. The first kappa shape index (κ1) is 16.0. The molecule has 5 aromatic rings. The molecule has 0 aliphatic carbocycles. The average molecular weight is 367 g/mol. The summed E-state index contributed by atoms with van der Waals surface area (Å²) in [4.78, 5) is 13.4. The van der Waals surface area contributed by atoms with Crippen molar-refractivity contribution in [3.8, 4) is 0 Å². The highest BCUT2D eigenvalue weighted by molar-refractivity contribution is 6.40. The number of hydrogen-bond acceptors (Lipinski definition) is 1. The fourth-order valence-corrected chi connectivity index (χ4v) is 4.17. The molecule has 0 heterocycles. The van der Waals surface area contributed by atoms with Gasteiger partial charge >= 0.3 is 0 Å². The number of benzene rings is 5. The monoisotopic (exact) mass is 366 g/mol. The Hall–Kier alpha value is -3.16. The summed E-state index contributed by atoms with van der Waals surface area (Å²) in [6, 6.07) is 29.7. The molecule has 0 aromatic heterocycles. The fourth-order valence-electron chi connectivity index (χ4n) is 3.93. The number of carbonyl (C=O) groups is 1. The molecule has 0 aliphatic heterocycles. The normalized spacial score (nSPS) is 11.3. The van der Waals surface area contributed by atoms with Gasteiger partial charge in [-0.1, -0.05) is 96.5 Å². The Morgan fingerprint density at radius 1 is 0.556 bits per heavy atom. The second-order valence-electron chi connectivity index (χ2n) is 6.63. The zero-order valence-corrected chi connectivity index (χ0v) is 15.2. The second-order valence-corrected chi connectivity index (χ2v) is 7.04. The van der Waals surface area contributed by atoms with Crippen molar-refractivity contribution in [3.63, 3.8) is 0 Å². The Morgan fingerprint density at radius 2 is 1.04 bits per heavy atom. The minimum Gasteiger partial charge on any atom is -0.289 e. The van der Waals surface area contributed by atoms with Crippen LogP contribution in [0.2, 0.25) is 5.02 Å². The summed E-state index contributed by atoms with van der Waals surface area (Å²) in [6.07, 6.45) is 0. The zero-order valence-electron chi connectivity index (χ0n) is 14.4. The van der Waals surface area contributed by atoms with E-state index in [9.17, 15) is 4.79 Å². The molecular formula is C25H15ClO. The number of hydrogen-bond donors (Lipinski definition) is 0. The highest BCUT2D eigenvalue weighted by Crippen LogP contribution is 2.39. The molecule has 2 heteroatoms. The first-order chi connectivity index (χ1) is 13.3. The van der Waals surface area contributed by atoms with Gasteiger partial charge in [-0.25, -0.2) is 0 Å². The molecule has 0 atom stereocenters. The van der Waals surface area contributed by atoms with E-state index in [2.05, 4.69) is 24.3 Å². The van der Waals surface area contributed by atoms with Gasteiger partial charge in [-0.05, 0) is 33.0 Å². The molecule has 0 saturated carbocycles. The molecule has 0 radical (unpaired) electrons. The zero-order chi connectivity index (χ0) is 18.4. The van der Waals surface area contributed by atoms with Crippen molar-refractivity contribution in [2.45, 2.75) is 0 Å². The van der Waals surface area contributed by atoms with Crippen molar-refractivity contribution >= 4 is 49.7 Å². The van der Waals surface area contributed by atoms with Crippen LogP contribution < -0.4 is 0 Å². The van der Waals surface area contributed by atoms with Gasteiger partial charge in [0.2, 0.25) is 0 Å². The molecule has 0 spiro atoms. The van der Waals surface area contributed by atoms with Crippen LogP contribution in [0.1, 0.15) is 15.9 Å². The van der Waals surface area contributed by atoms with Crippen LogP contribution in [0.15, 0.2) is 91.0 Å². The van der Waals surface area contributed by atoms with Crippen LogP contribution >= 0.6 is 11.6 Å². The fraction of sp³-hybridized carbons (Fsp3) is 0. The maximum atomic E-state index is 13.4. The molecule has 27 heavy (non-hydrogen) atoms. The molecule has 0 unspecified atom stereocenters. The largest absolute Gasteiger partial charge is 0.289 e. The summed E-state index contributed by atoms with van der Waals surface area (Å²) in [6.45, 7) is 0. The standard InChI is InChI=1S/C25H15ClO/c26-22-15-14-21-19-12-5-4-10-17(19)18-11-6-7-13-20(18)23(21)24(22)25(27)16-8-2-1-3-9-16/h1-15H. The highest BCUT2D eigenvalue weighted by Gasteiger charge is 2.20. The molecule has 0 N–H and O–H groups in total. The molecule has 5 rings (SSSR count). The molecule has 0 saturated heterocycles. The lowest BCUT2D eigenvalue weighted by Crippen LogP contribution is -2.03. The van der Waals surface area contributed by atoms with E-state index >= 15 is 0 Å². The Bertz CT molecular complexity index is 1300. The van der Waals surface area contributed by atoms with Gasteiger partial charge in [-0.15, -0.1) is 0 Å². The van der Waals surface area contributed by atoms with Gasteiger partial charge in [-0.3, -0.25) is 4.79 Å². The SMILES string of the molecule is O=C(c1ccccc1)c1c(Cl)ccc2c3ccccc3c3ccccc3c12. The van der Waals surface area contributed by atoms with E-state index < -0.39 is 0 Å². The number of carbonyl (C=O) groups excluding carboxylic acids is 1. The van der Waals surface area contributed by atoms with Crippen molar-refractivity contribution in [2.24, 2.45) is 0 Å². The summed E-state index contributed by atoms with van der Waals surface area (Å²) in [5.74, 6) is -0.0494. The third-order valence-electron chi connectivity index (χ3n) is 5.12. The lowest BCUT2D eigenvalue weighted by molar-refractivity contribution is 0.104. The maximum Gasteiger partial charge on any atom is 0.195 e. The lowest BCUT2D eigenvalue weighted by Gasteiger charge is -2.14. The molecule has 1 nitrogen and oxygen atoms in total. The van der Waals surface area contributed by atoms with Crippen molar-refractivity contribution in [1.82, 2.24) is 0 Å². The summed E-state index contributed by atoms with van der Waals surface area (Å²) < 4.78 is 0. The molecule has 0 aliphatic rings. The molecule has 0 bridgehead atoms. The van der Waals surface area contributed by atoms with Crippen LogP contribution in [-0.4, -0.2) is 5.78 Å². The quantitative estimate of drug-likeness (QED) is 0.242. The summed E-state index contributed by atoms with van der Waals surface area (Å²) in [5.41, 5.74) is 1.21. The van der Waals surface area contributed by atoms with E-state index in [0.717, 1.165) is 26.9 Å². The number of fused-ring (bicyclic) bond motifs is 6. The number of halogens is 1. The predicted molar refractivity (Wildman–Crippen MR) is 114 cm³/mol. The molecule has 0 fully saturated rings. The van der Waals surface area contributed by atoms with E-state index in [4.69, 9.17) is 11.6 Å². The smallest absolute Gasteiger partial charge is 0.195 e. The third kappa shape index (κ3) is 2.43. The van der Waals surface area contributed by atoms with Crippen molar-refractivity contribution < 1.29 is 4.79 Å². The van der Waals surface area contributed by atoms with E-state index in [0.29, 0.717) is 16.1 Å². The minimum atomic E-state index is -0.0494. The van der Waals surface area contributed by atoms with Crippen LogP contribution in [-0.2, 0) is 0 Å². The van der Waals surface area contributed by atoms with Crippen LogP contribution in [0.4, 0.5) is 0 Å². The van der Waals surface area contributed by atoms with Crippen LogP contribution in [0.5, 0.6) is 0 Å². The first-order valence-corrected chi connectivity index (χ1v) is 9.25. The van der Waals surface area contributed by atoms with Gasteiger partial charge in [0.05, 0.1) is 5.02 Å². The van der Waals surface area contributed by atoms with E-state index in [1.807, 2.05) is 66.7 Å².